The monoisotopic (exact) mass is 318 g/mol. The molecule has 1 aliphatic rings. The van der Waals surface area contributed by atoms with Crippen LogP contribution in [-0.2, 0) is 17.5 Å². The molecule has 0 bridgehead atoms. The van der Waals surface area contributed by atoms with Crippen molar-refractivity contribution in [3.63, 3.8) is 0 Å². The van der Waals surface area contributed by atoms with Gasteiger partial charge in [-0.1, -0.05) is 6.07 Å². The van der Waals surface area contributed by atoms with E-state index in [4.69, 9.17) is 9.47 Å². The topological polar surface area (TPSA) is 50.8 Å². The van der Waals surface area contributed by atoms with Crippen LogP contribution in [-0.4, -0.2) is 44.3 Å². The van der Waals surface area contributed by atoms with Crippen molar-refractivity contribution < 1.29 is 27.4 Å². The van der Waals surface area contributed by atoms with Gasteiger partial charge in [-0.2, -0.15) is 13.2 Å². The molecule has 0 saturated carbocycles. The first-order valence-electron chi connectivity index (χ1n) is 6.76. The third-order valence-corrected chi connectivity index (χ3v) is 3.35. The number of hydrogen-bond acceptors (Lipinski definition) is 3. The summed E-state index contributed by atoms with van der Waals surface area (Å²) in [7, 11) is 1.30. The number of morpholine rings is 1. The number of carbonyl (C=O) groups excluding carboxylic acids is 1. The van der Waals surface area contributed by atoms with E-state index in [1.54, 1.807) is 0 Å². The normalized spacial score (nSPS) is 15.5. The standard InChI is InChI=1S/C14H17F3N2O3/c1-21-11-3-2-10(12(8-11)14(15,16)17)9-18-13(20)19-4-6-22-7-5-19/h2-3,8H,4-7,9H2,1H3,(H,18,20). The third kappa shape index (κ3) is 4.03. The zero-order chi connectivity index (χ0) is 16.2. The number of methoxy groups -OCH3 is 1. The van der Waals surface area contributed by atoms with Crippen LogP contribution in [0.25, 0.3) is 0 Å². The zero-order valence-electron chi connectivity index (χ0n) is 12.1. The number of hydrogen-bond donors (Lipinski definition) is 1. The molecular formula is C14H17F3N2O3. The molecule has 1 aliphatic heterocycles. The molecule has 0 aromatic heterocycles. The van der Waals surface area contributed by atoms with Crippen molar-refractivity contribution in [1.29, 1.82) is 0 Å². The Bertz CT molecular complexity index is 529. The number of nitrogens with zero attached hydrogens (tertiary/aromatic N) is 1. The van der Waals surface area contributed by atoms with Crippen LogP contribution in [0.1, 0.15) is 11.1 Å². The molecule has 1 saturated heterocycles. The van der Waals surface area contributed by atoms with E-state index in [0.29, 0.717) is 26.3 Å². The maximum absolute atomic E-state index is 13.0. The number of nitrogens with one attached hydrogen (secondary N) is 1. The van der Waals surface area contributed by atoms with E-state index in [9.17, 15) is 18.0 Å². The van der Waals surface area contributed by atoms with Crippen molar-refractivity contribution in [2.45, 2.75) is 12.7 Å². The lowest BCUT2D eigenvalue weighted by atomic mass is 10.1. The lowest BCUT2D eigenvalue weighted by molar-refractivity contribution is -0.138. The lowest BCUT2D eigenvalue weighted by Crippen LogP contribution is -2.46. The molecule has 0 radical (unpaired) electrons. The van der Waals surface area contributed by atoms with Gasteiger partial charge in [0.1, 0.15) is 5.75 Å². The molecule has 1 fully saturated rings. The summed E-state index contributed by atoms with van der Waals surface area (Å²) in [4.78, 5) is 13.4. The molecule has 0 aliphatic carbocycles. The average molecular weight is 318 g/mol. The highest BCUT2D eigenvalue weighted by Gasteiger charge is 2.34. The van der Waals surface area contributed by atoms with Crippen molar-refractivity contribution in [1.82, 2.24) is 10.2 Å². The van der Waals surface area contributed by atoms with Crippen LogP contribution in [0.15, 0.2) is 18.2 Å². The number of halogens is 3. The molecule has 0 atom stereocenters. The van der Waals surface area contributed by atoms with E-state index >= 15 is 0 Å². The van der Waals surface area contributed by atoms with Crippen LogP contribution < -0.4 is 10.1 Å². The molecule has 122 valence electrons. The minimum absolute atomic E-state index is 0.00471. The fourth-order valence-electron chi connectivity index (χ4n) is 2.15. The quantitative estimate of drug-likeness (QED) is 0.930. The van der Waals surface area contributed by atoms with Crippen LogP contribution in [0, 0.1) is 0 Å². The maximum atomic E-state index is 13.0. The number of rotatable bonds is 3. The van der Waals surface area contributed by atoms with Gasteiger partial charge in [-0.25, -0.2) is 4.79 Å². The van der Waals surface area contributed by atoms with E-state index in [1.807, 2.05) is 0 Å². The van der Waals surface area contributed by atoms with Crippen LogP contribution in [0.3, 0.4) is 0 Å². The number of alkyl halides is 3. The largest absolute Gasteiger partial charge is 0.497 e. The second kappa shape index (κ2) is 6.87. The first-order valence-corrected chi connectivity index (χ1v) is 6.76. The van der Waals surface area contributed by atoms with Gasteiger partial charge in [0.15, 0.2) is 0 Å². The summed E-state index contributed by atoms with van der Waals surface area (Å²) in [5.74, 6) is 0.121. The van der Waals surface area contributed by atoms with Crippen LogP contribution in [0.5, 0.6) is 5.75 Å². The molecule has 5 nitrogen and oxygen atoms in total. The van der Waals surface area contributed by atoms with Crippen molar-refractivity contribution >= 4 is 6.03 Å². The molecule has 22 heavy (non-hydrogen) atoms. The van der Waals surface area contributed by atoms with Crippen molar-refractivity contribution in [2.24, 2.45) is 0 Å². The van der Waals surface area contributed by atoms with E-state index < -0.39 is 17.8 Å². The average Bonchev–Trinajstić information content (AvgIpc) is 2.52. The van der Waals surface area contributed by atoms with E-state index in [-0.39, 0.29) is 17.9 Å². The lowest BCUT2D eigenvalue weighted by Gasteiger charge is -2.27. The van der Waals surface area contributed by atoms with E-state index in [2.05, 4.69) is 5.32 Å². The minimum Gasteiger partial charge on any atom is -0.497 e. The second-order valence-electron chi connectivity index (χ2n) is 4.78. The first-order chi connectivity index (χ1) is 10.4. The van der Waals surface area contributed by atoms with Gasteiger partial charge in [-0.3, -0.25) is 0 Å². The number of amides is 2. The third-order valence-electron chi connectivity index (χ3n) is 3.35. The van der Waals surface area contributed by atoms with Gasteiger partial charge >= 0.3 is 12.2 Å². The van der Waals surface area contributed by atoms with Gasteiger partial charge in [-0.05, 0) is 17.7 Å². The van der Waals surface area contributed by atoms with Gasteiger partial charge < -0.3 is 19.7 Å². The van der Waals surface area contributed by atoms with Crippen LogP contribution in [0.4, 0.5) is 18.0 Å². The molecule has 1 heterocycles. The summed E-state index contributed by atoms with van der Waals surface area (Å²) < 4.78 is 49.1. The number of carbonyl (C=O) groups is 1. The Balaban J connectivity index is 2.07. The predicted octanol–water partition coefficient (Wildman–Crippen LogP) is 2.26. The Morgan fingerprint density at radius 2 is 2.05 bits per heavy atom. The summed E-state index contributed by atoms with van der Waals surface area (Å²) >= 11 is 0. The summed E-state index contributed by atoms with van der Waals surface area (Å²) in [6.45, 7) is 1.53. The van der Waals surface area contributed by atoms with Gasteiger partial charge in [0, 0.05) is 19.6 Å². The highest BCUT2D eigenvalue weighted by atomic mass is 19.4. The van der Waals surface area contributed by atoms with E-state index in [1.165, 1.54) is 24.1 Å². The number of ether oxygens (including phenoxy) is 2. The molecule has 0 spiro atoms. The van der Waals surface area contributed by atoms with Gasteiger partial charge in [0.25, 0.3) is 0 Å². The van der Waals surface area contributed by atoms with Gasteiger partial charge in [0.2, 0.25) is 0 Å². The SMILES string of the molecule is COc1ccc(CNC(=O)N2CCOCC2)c(C(F)(F)F)c1. The summed E-state index contributed by atoms with van der Waals surface area (Å²) in [5.41, 5.74) is -0.816. The maximum Gasteiger partial charge on any atom is 0.416 e. The Kier molecular flexibility index (Phi) is 5.12. The number of benzene rings is 1. The molecule has 8 heteroatoms. The second-order valence-corrected chi connectivity index (χ2v) is 4.78. The number of urea groups is 1. The Labute approximate surface area is 126 Å². The molecule has 0 unspecified atom stereocenters. The highest BCUT2D eigenvalue weighted by molar-refractivity contribution is 5.74. The van der Waals surface area contributed by atoms with Crippen LogP contribution in [0.2, 0.25) is 0 Å². The van der Waals surface area contributed by atoms with E-state index in [0.717, 1.165) is 6.07 Å². The summed E-state index contributed by atoms with van der Waals surface area (Å²) in [6.07, 6.45) is -4.51. The minimum atomic E-state index is -4.51. The molecule has 1 aromatic carbocycles. The molecule has 1 aromatic rings. The molecule has 2 amide bonds. The first kappa shape index (κ1) is 16.4. The fourth-order valence-corrected chi connectivity index (χ4v) is 2.15. The van der Waals surface area contributed by atoms with Crippen molar-refractivity contribution in [3.8, 4) is 5.75 Å². The predicted molar refractivity (Wildman–Crippen MR) is 72.6 cm³/mol. The zero-order valence-corrected chi connectivity index (χ0v) is 12.1. The smallest absolute Gasteiger partial charge is 0.416 e. The van der Waals surface area contributed by atoms with Crippen LogP contribution >= 0.6 is 0 Å². The fraction of sp³-hybridized carbons (Fsp3) is 0.500. The summed E-state index contributed by atoms with van der Waals surface area (Å²) in [5, 5.41) is 2.51. The summed E-state index contributed by atoms with van der Waals surface area (Å²) in [6, 6.07) is 3.27. The van der Waals surface area contributed by atoms with Crippen molar-refractivity contribution in [3.05, 3.63) is 29.3 Å². The Morgan fingerprint density at radius 3 is 2.64 bits per heavy atom. The Hall–Kier alpha value is -1.96. The molecule has 1 N–H and O–H groups in total. The highest BCUT2D eigenvalue weighted by Crippen LogP contribution is 2.34. The molecular weight excluding hydrogens is 301 g/mol. The van der Waals surface area contributed by atoms with Gasteiger partial charge in [0.05, 0.1) is 25.9 Å². The van der Waals surface area contributed by atoms with Gasteiger partial charge in [-0.15, -0.1) is 0 Å². The molecule has 2 rings (SSSR count). The Morgan fingerprint density at radius 1 is 1.36 bits per heavy atom. The van der Waals surface area contributed by atoms with Crippen molar-refractivity contribution in [2.75, 3.05) is 33.4 Å².